The summed E-state index contributed by atoms with van der Waals surface area (Å²) in [5.74, 6) is -1.06. The van der Waals surface area contributed by atoms with Crippen LogP contribution in [0.3, 0.4) is 0 Å². The second-order valence-corrected chi connectivity index (χ2v) is 5.33. The molecular formula is C18H20N2O3. The molecule has 120 valence electrons. The van der Waals surface area contributed by atoms with Crippen molar-refractivity contribution in [2.24, 2.45) is 0 Å². The lowest BCUT2D eigenvalue weighted by Crippen LogP contribution is -2.47. The van der Waals surface area contributed by atoms with E-state index in [9.17, 15) is 14.7 Å². The van der Waals surface area contributed by atoms with Crippen molar-refractivity contribution in [3.63, 3.8) is 0 Å². The number of carbonyl (C=O) groups is 2. The minimum atomic E-state index is -1.06. The van der Waals surface area contributed by atoms with Crippen molar-refractivity contribution in [2.75, 3.05) is 0 Å². The molecule has 23 heavy (non-hydrogen) atoms. The SMILES string of the molecule is C[C@@H](NC(=O)N[C@@H](Cc1ccccc1)C(=O)O)c1ccccc1. The molecule has 5 nitrogen and oxygen atoms in total. The normalized spacial score (nSPS) is 12.9. The van der Waals surface area contributed by atoms with Gasteiger partial charge in [0.05, 0.1) is 6.04 Å². The smallest absolute Gasteiger partial charge is 0.326 e. The molecule has 0 aromatic heterocycles. The predicted molar refractivity (Wildman–Crippen MR) is 88.1 cm³/mol. The number of carboxylic acid groups (broad SMARTS) is 1. The van der Waals surface area contributed by atoms with Gasteiger partial charge in [-0.05, 0) is 18.1 Å². The van der Waals surface area contributed by atoms with Crippen molar-refractivity contribution in [1.82, 2.24) is 10.6 Å². The van der Waals surface area contributed by atoms with Gasteiger partial charge in [-0.25, -0.2) is 9.59 Å². The lowest BCUT2D eigenvalue weighted by Gasteiger charge is -2.18. The van der Waals surface area contributed by atoms with Gasteiger partial charge in [0.1, 0.15) is 6.04 Å². The molecule has 0 spiro atoms. The van der Waals surface area contributed by atoms with E-state index in [0.717, 1.165) is 11.1 Å². The number of amides is 2. The van der Waals surface area contributed by atoms with Crippen LogP contribution in [-0.2, 0) is 11.2 Å². The minimum Gasteiger partial charge on any atom is -0.480 e. The largest absolute Gasteiger partial charge is 0.480 e. The Kier molecular flexibility index (Phi) is 5.74. The molecule has 0 bridgehead atoms. The molecule has 5 heteroatoms. The minimum absolute atomic E-state index is 0.206. The first-order valence-corrected chi connectivity index (χ1v) is 7.45. The number of carbonyl (C=O) groups excluding carboxylic acids is 1. The maximum atomic E-state index is 12.0. The highest BCUT2D eigenvalue weighted by Crippen LogP contribution is 2.11. The van der Waals surface area contributed by atoms with Gasteiger partial charge in [0.25, 0.3) is 0 Å². The van der Waals surface area contributed by atoms with E-state index in [1.54, 1.807) is 0 Å². The highest BCUT2D eigenvalue weighted by atomic mass is 16.4. The third-order valence-electron chi connectivity index (χ3n) is 3.53. The number of nitrogens with one attached hydrogen (secondary N) is 2. The zero-order valence-corrected chi connectivity index (χ0v) is 12.9. The highest BCUT2D eigenvalue weighted by Gasteiger charge is 2.21. The van der Waals surface area contributed by atoms with Crippen LogP contribution in [0.4, 0.5) is 4.79 Å². The summed E-state index contributed by atoms with van der Waals surface area (Å²) in [4.78, 5) is 23.4. The fourth-order valence-corrected chi connectivity index (χ4v) is 2.27. The number of urea groups is 1. The number of aliphatic carboxylic acids is 1. The molecule has 2 amide bonds. The van der Waals surface area contributed by atoms with E-state index in [0.29, 0.717) is 0 Å². The first-order chi connectivity index (χ1) is 11.1. The topological polar surface area (TPSA) is 78.4 Å². The lowest BCUT2D eigenvalue weighted by atomic mass is 10.1. The molecule has 0 heterocycles. The molecule has 2 aromatic carbocycles. The maximum absolute atomic E-state index is 12.0. The summed E-state index contributed by atoms with van der Waals surface area (Å²) in [6.45, 7) is 1.85. The van der Waals surface area contributed by atoms with Crippen molar-refractivity contribution in [3.8, 4) is 0 Å². The molecule has 0 radical (unpaired) electrons. The quantitative estimate of drug-likeness (QED) is 0.767. The van der Waals surface area contributed by atoms with E-state index in [1.165, 1.54) is 0 Å². The molecule has 0 unspecified atom stereocenters. The summed E-state index contributed by atoms with van der Waals surface area (Å²) >= 11 is 0. The Balaban J connectivity index is 1.94. The maximum Gasteiger partial charge on any atom is 0.326 e. The van der Waals surface area contributed by atoms with E-state index < -0.39 is 18.0 Å². The van der Waals surface area contributed by atoms with Crippen LogP contribution in [0.15, 0.2) is 60.7 Å². The first-order valence-electron chi connectivity index (χ1n) is 7.45. The first kappa shape index (κ1) is 16.5. The van der Waals surface area contributed by atoms with Crippen LogP contribution in [0.25, 0.3) is 0 Å². The number of hydrogen-bond donors (Lipinski definition) is 3. The Morgan fingerprint density at radius 3 is 2.09 bits per heavy atom. The number of rotatable bonds is 6. The van der Waals surface area contributed by atoms with E-state index in [1.807, 2.05) is 67.6 Å². The van der Waals surface area contributed by atoms with Gasteiger partial charge in [0.2, 0.25) is 0 Å². The summed E-state index contributed by atoms with van der Waals surface area (Å²) in [7, 11) is 0. The molecule has 0 aliphatic heterocycles. The Morgan fingerprint density at radius 1 is 0.957 bits per heavy atom. The summed E-state index contributed by atoms with van der Waals surface area (Å²) < 4.78 is 0. The Labute approximate surface area is 135 Å². The van der Waals surface area contributed by atoms with E-state index in [2.05, 4.69) is 10.6 Å². The van der Waals surface area contributed by atoms with Gasteiger partial charge in [-0.3, -0.25) is 0 Å². The predicted octanol–water partition coefficient (Wildman–Crippen LogP) is 2.74. The van der Waals surface area contributed by atoms with Crippen molar-refractivity contribution in [1.29, 1.82) is 0 Å². The van der Waals surface area contributed by atoms with Gasteiger partial charge in [-0.1, -0.05) is 60.7 Å². The average Bonchev–Trinajstić information content (AvgIpc) is 2.56. The molecule has 2 atom stereocenters. The third kappa shape index (κ3) is 5.14. The van der Waals surface area contributed by atoms with Crippen LogP contribution in [0.1, 0.15) is 24.1 Å². The van der Waals surface area contributed by atoms with Crippen molar-refractivity contribution in [3.05, 3.63) is 71.8 Å². The highest BCUT2D eigenvalue weighted by molar-refractivity contribution is 5.83. The zero-order valence-electron chi connectivity index (χ0n) is 12.9. The summed E-state index contributed by atoms with van der Waals surface area (Å²) in [6.07, 6.45) is 0.239. The number of benzene rings is 2. The van der Waals surface area contributed by atoms with E-state index in [-0.39, 0.29) is 12.5 Å². The Hall–Kier alpha value is -2.82. The van der Waals surface area contributed by atoms with Crippen molar-refractivity contribution in [2.45, 2.75) is 25.4 Å². The monoisotopic (exact) mass is 312 g/mol. The number of carboxylic acids is 1. The Morgan fingerprint density at radius 2 is 1.52 bits per heavy atom. The average molecular weight is 312 g/mol. The van der Waals surface area contributed by atoms with Crippen LogP contribution < -0.4 is 10.6 Å². The Bertz CT molecular complexity index is 644. The molecule has 0 aliphatic rings. The zero-order chi connectivity index (χ0) is 16.7. The molecule has 0 saturated heterocycles. The second-order valence-electron chi connectivity index (χ2n) is 5.33. The van der Waals surface area contributed by atoms with Gasteiger partial charge in [0.15, 0.2) is 0 Å². The fourth-order valence-electron chi connectivity index (χ4n) is 2.27. The summed E-state index contributed by atoms with van der Waals surface area (Å²) in [5, 5.41) is 14.6. The van der Waals surface area contributed by atoms with Crippen LogP contribution in [-0.4, -0.2) is 23.1 Å². The van der Waals surface area contributed by atoms with E-state index in [4.69, 9.17) is 0 Å². The van der Waals surface area contributed by atoms with Crippen LogP contribution in [0.5, 0.6) is 0 Å². The van der Waals surface area contributed by atoms with Crippen LogP contribution in [0.2, 0.25) is 0 Å². The molecule has 0 fully saturated rings. The van der Waals surface area contributed by atoms with Gasteiger partial charge < -0.3 is 15.7 Å². The molecular weight excluding hydrogens is 292 g/mol. The van der Waals surface area contributed by atoms with Crippen molar-refractivity contribution >= 4 is 12.0 Å². The fraction of sp³-hybridized carbons (Fsp3) is 0.222. The summed E-state index contributed by atoms with van der Waals surface area (Å²) in [5.41, 5.74) is 1.81. The lowest BCUT2D eigenvalue weighted by molar-refractivity contribution is -0.139. The molecule has 0 aliphatic carbocycles. The van der Waals surface area contributed by atoms with Gasteiger partial charge in [0, 0.05) is 6.42 Å². The standard InChI is InChI=1S/C18H20N2O3/c1-13(15-10-6-3-7-11-15)19-18(23)20-16(17(21)22)12-14-8-4-2-5-9-14/h2-11,13,16H,12H2,1H3,(H,21,22)(H2,19,20,23)/t13-,16+/m1/s1. The van der Waals surface area contributed by atoms with Crippen LogP contribution >= 0.6 is 0 Å². The summed E-state index contributed by atoms with van der Waals surface area (Å²) in [6, 6.07) is 17.0. The molecule has 3 N–H and O–H groups in total. The van der Waals surface area contributed by atoms with Gasteiger partial charge >= 0.3 is 12.0 Å². The van der Waals surface area contributed by atoms with Gasteiger partial charge in [-0.15, -0.1) is 0 Å². The van der Waals surface area contributed by atoms with Crippen LogP contribution in [0, 0.1) is 0 Å². The van der Waals surface area contributed by atoms with E-state index >= 15 is 0 Å². The van der Waals surface area contributed by atoms with Gasteiger partial charge in [-0.2, -0.15) is 0 Å². The molecule has 2 rings (SSSR count). The molecule has 2 aromatic rings. The number of hydrogen-bond acceptors (Lipinski definition) is 2. The van der Waals surface area contributed by atoms with Crippen molar-refractivity contribution < 1.29 is 14.7 Å². The molecule has 0 saturated carbocycles. The third-order valence-corrected chi connectivity index (χ3v) is 3.53. The second kappa shape index (κ2) is 7.98.